The number of benzene rings is 1. The zero-order chi connectivity index (χ0) is 32.2. The van der Waals surface area contributed by atoms with Gasteiger partial charge >= 0.3 is 5.97 Å². The summed E-state index contributed by atoms with van der Waals surface area (Å²) in [6.07, 6.45) is 5.74. The van der Waals surface area contributed by atoms with Crippen molar-refractivity contribution in [3.8, 4) is 28.4 Å². The van der Waals surface area contributed by atoms with Gasteiger partial charge in [0.05, 0.1) is 33.1 Å². The van der Waals surface area contributed by atoms with Gasteiger partial charge in [-0.2, -0.15) is 11.8 Å². The Balaban J connectivity index is 1.78. The van der Waals surface area contributed by atoms with Gasteiger partial charge in [-0.1, -0.05) is 12.5 Å². The Morgan fingerprint density at radius 1 is 1.05 bits per heavy atom. The molecule has 0 bridgehead atoms. The minimum absolute atomic E-state index is 0.196. The Kier molecular flexibility index (Phi) is 13.2. The smallest absolute Gasteiger partial charge is 0.326 e. The van der Waals surface area contributed by atoms with E-state index in [9.17, 15) is 24.3 Å². The van der Waals surface area contributed by atoms with Gasteiger partial charge in [-0.15, -0.1) is 0 Å². The molecule has 0 fully saturated rings. The van der Waals surface area contributed by atoms with E-state index in [0.717, 1.165) is 23.1 Å². The third-order valence-electron chi connectivity index (χ3n) is 7.56. The van der Waals surface area contributed by atoms with Crippen LogP contribution in [0, 0.1) is 0 Å². The number of nitrogens with one attached hydrogen (secondary N) is 3. The second-order valence-corrected chi connectivity index (χ2v) is 11.6. The fourth-order valence-electron chi connectivity index (χ4n) is 5.42. The molecule has 12 heteroatoms. The average Bonchev–Trinajstić information content (AvgIpc) is 3.24. The topological polar surface area (TPSA) is 152 Å². The zero-order valence-corrected chi connectivity index (χ0v) is 26.9. The number of thioether (sulfide) groups is 1. The first-order chi connectivity index (χ1) is 21.1. The van der Waals surface area contributed by atoms with Crippen molar-refractivity contribution in [2.24, 2.45) is 0 Å². The van der Waals surface area contributed by atoms with Crippen LogP contribution in [-0.4, -0.2) is 68.8 Å². The van der Waals surface area contributed by atoms with Crippen LogP contribution in [0.4, 0.5) is 5.69 Å². The highest BCUT2D eigenvalue weighted by molar-refractivity contribution is 7.98. The molecule has 0 heterocycles. The predicted octanol–water partition coefficient (Wildman–Crippen LogP) is 4.16. The van der Waals surface area contributed by atoms with Gasteiger partial charge in [0.2, 0.25) is 23.0 Å². The van der Waals surface area contributed by atoms with Crippen molar-refractivity contribution >= 4 is 35.2 Å². The Morgan fingerprint density at radius 2 is 1.80 bits per heavy atom. The van der Waals surface area contributed by atoms with Crippen molar-refractivity contribution in [3.63, 3.8) is 0 Å². The van der Waals surface area contributed by atoms with E-state index in [1.807, 2.05) is 18.4 Å². The molecule has 0 spiro atoms. The molecule has 2 aromatic rings. The molecule has 1 aliphatic rings. The minimum atomic E-state index is -1.03. The number of carbonyl (C=O) groups is 3. The van der Waals surface area contributed by atoms with Crippen molar-refractivity contribution in [3.05, 3.63) is 45.6 Å². The zero-order valence-electron chi connectivity index (χ0n) is 26.0. The molecule has 2 atom stereocenters. The summed E-state index contributed by atoms with van der Waals surface area (Å²) in [5.41, 5.74) is 3.37. The number of aryl methyl sites for hydroxylation is 1. The van der Waals surface area contributed by atoms with E-state index in [1.54, 1.807) is 33.5 Å². The highest BCUT2D eigenvalue weighted by Crippen LogP contribution is 2.50. The molecule has 0 aliphatic heterocycles. The number of unbranched alkanes of at least 4 members (excludes halogenated alkanes) is 2. The molecule has 3 rings (SSSR count). The van der Waals surface area contributed by atoms with Gasteiger partial charge in [0.15, 0.2) is 11.5 Å². The molecule has 240 valence electrons. The van der Waals surface area contributed by atoms with Crippen molar-refractivity contribution in [2.75, 3.05) is 45.2 Å². The summed E-state index contributed by atoms with van der Waals surface area (Å²) in [5, 5.41) is 18.1. The molecule has 0 radical (unpaired) electrons. The van der Waals surface area contributed by atoms with Gasteiger partial charge in [-0.3, -0.25) is 14.4 Å². The van der Waals surface area contributed by atoms with Crippen molar-refractivity contribution in [1.82, 2.24) is 10.6 Å². The van der Waals surface area contributed by atoms with Gasteiger partial charge in [0.25, 0.3) is 0 Å². The summed E-state index contributed by atoms with van der Waals surface area (Å²) in [4.78, 5) is 49.1. The van der Waals surface area contributed by atoms with E-state index in [4.69, 9.17) is 14.2 Å². The number of aliphatic carboxylic acids is 1. The number of anilines is 1. The molecule has 11 nitrogen and oxygen atoms in total. The average molecular weight is 630 g/mol. The molecule has 0 unspecified atom stereocenters. The van der Waals surface area contributed by atoms with Gasteiger partial charge in [0, 0.05) is 25.5 Å². The Bertz CT molecular complexity index is 1400. The lowest BCUT2D eigenvalue weighted by Gasteiger charge is -2.19. The first-order valence-corrected chi connectivity index (χ1v) is 16.1. The van der Waals surface area contributed by atoms with Crippen LogP contribution >= 0.6 is 11.8 Å². The van der Waals surface area contributed by atoms with Gasteiger partial charge in [-0.05, 0) is 79.0 Å². The Hall–Kier alpha value is -3.93. The monoisotopic (exact) mass is 629 g/mol. The molecule has 2 amide bonds. The van der Waals surface area contributed by atoms with Crippen LogP contribution in [0.2, 0.25) is 0 Å². The number of ether oxygens (including phenoxy) is 3. The molecule has 1 aliphatic carbocycles. The van der Waals surface area contributed by atoms with Crippen LogP contribution in [0.5, 0.6) is 17.2 Å². The molecule has 4 N–H and O–H groups in total. The van der Waals surface area contributed by atoms with Crippen molar-refractivity contribution < 1.29 is 33.7 Å². The van der Waals surface area contributed by atoms with E-state index >= 15 is 0 Å². The van der Waals surface area contributed by atoms with E-state index in [1.165, 1.54) is 18.7 Å². The van der Waals surface area contributed by atoms with Crippen LogP contribution in [0.15, 0.2) is 29.1 Å². The molecule has 2 aromatic carbocycles. The predicted molar refractivity (Wildman–Crippen MR) is 172 cm³/mol. The van der Waals surface area contributed by atoms with Gasteiger partial charge < -0.3 is 35.3 Å². The second kappa shape index (κ2) is 16.8. The maximum absolute atomic E-state index is 13.4. The number of hydrogen-bond donors (Lipinski definition) is 4. The van der Waals surface area contributed by atoms with E-state index in [-0.39, 0.29) is 23.7 Å². The summed E-state index contributed by atoms with van der Waals surface area (Å²) < 4.78 is 17.0. The largest absolute Gasteiger partial charge is 0.493 e. The number of carbonyl (C=O) groups excluding carboxylic acids is 2. The number of carboxylic acid groups (broad SMARTS) is 1. The van der Waals surface area contributed by atoms with Crippen LogP contribution in [-0.2, 0) is 20.8 Å². The number of fused-ring (bicyclic) bond motifs is 3. The molecular weight excluding hydrogens is 586 g/mol. The number of carboxylic acids is 1. The van der Waals surface area contributed by atoms with Crippen LogP contribution in [0.1, 0.15) is 62.6 Å². The summed E-state index contributed by atoms with van der Waals surface area (Å²) in [6, 6.07) is 5.83. The maximum Gasteiger partial charge on any atom is 0.326 e. The molecule has 0 saturated carbocycles. The van der Waals surface area contributed by atoms with Gasteiger partial charge in [0.1, 0.15) is 6.04 Å². The normalized spacial score (nSPS) is 14.2. The van der Waals surface area contributed by atoms with Crippen LogP contribution in [0.25, 0.3) is 11.1 Å². The maximum atomic E-state index is 13.4. The number of methoxy groups -OCH3 is 3. The lowest BCUT2D eigenvalue weighted by molar-refractivity contribution is -0.141. The fraction of sp³-hybridized carbons (Fsp3) is 0.500. The summed E-state index contributed by atoms with van der Waals surface area (Å²) >= 11 is 1.54. The minimum Gasteiger partial charge on any atom is -0.493 e. The first kappa shape index (κ1) is 34.6. The molecule has 0 aromatic heterocycles. The SMILES string of the molecule is COc1cc2c(c(OC)c1OC)-c1ccc(NCCCCCC(=O)N[C@H](CCSC)C(=O)O)c(=O)cc1[C@H](NC(C)=O)CC2. The van der Waals surface area contributed by atoms with Crippen LogP contribution < -0.4 is 35.6 Å². The Morgan fingerprint density at radius 3 is 2.43 bits per heavy atom. The molecule has 0 saturated heterocycles. The highest BCUT2D eigenvalue weighted by Gasteiger charge is 2.29. The van der Waals surface area contributed by atoms with E-state index in [2.05, 4.69) is 16.0 Å². The quantitative estimate of drug-likeness (QED) is 0.199. The first-order valence-electron chi connectivity index (χ1n) is 14.7. The standard InChI is InChI=1S/C32H43N3O8S/c1-19(36)34-23-12-10-20-17-27(41-2)30(42-3)31(43-4)29(20)21-11-13-24(26(37)18-22(21)23)33-15-8-6-7-9-28(38)35-25(32(39)40)14-16-44-5/h11,13,17-18,23,25H,6-10,12,14-16H2,1-5H3,(H,33,37)(H,34,36)(H,35,38)(H,39,40)/t23-,25-/m1/s1. The second-order valence-electron chi connectivity index (χ2n) is 10.6. The number of rotatable bonds is 16. The van der Waals surface area contributed by atoms with E-state index < -0.39 is 18.1 Å². The van der Waals surface area contributed by atoms with Crippen molar-refractivity contribution in [1.29, 1.82) is 0 Å². The number of hydrogen-bond acceptors (Lipinski definition) is 9. The third-order valence-corrected chi connectivity index (χ3v) is 8.20. The summed E-state index contributed by atoms with van der Waals surface area (Å²) in [5.74, 6) is 0.621. The number of amides is 2. The molecular formula is C32H43N3O8S. The lowest BCUT2D eigenvalue weighted by atomic mass is 9.95. The lowest BCUT2D eigenvalue weighted by Crippen LogP contribution is -2.41. The van der Waals surface area contributed by atoms with E-state index in [0.29, 0.717) is 72.9 Å². The third kappa shape index (κ3) is 8.81. The van der Waals surface area contributed by atoms with Crippen molar-refractivity contribution in [2.45, 2.75) is 64.0 Å². The Labute approximate surface area is 262 Å². The van der Waals surface area contributed by atoms with Gasteiger partial charge in [-0.25, -0.2) is 4.79 Å². The summed E-state index contributed by atoms with van der Waals surface area (Å²) in [6.45, 7) is 1.97. The summed E-state index contributed by atoms with van der Waals surface area (Å²) in [7, 11) is 4.66. The fourth-order valence-corrected chi connectivity index (χ4v) is 5.90. The highest BCUT2D eigenvalue weighted by atomic mass is 32.2. The van der Waals surface area contributed by atoms with Crippen LogP contribution in [0.3, 0.4) is 0 Å². The molecule has 44 heavy (non-hydrogen) atoms.